The van der Waals surface area contributed by atoms with Gasteiger partial charge in [0.05, 0.1) is 5.56 Å². The molecule has 1 amide bonds. The lowest BCUT2D eigenvalue weighted by Crippen LogP contribution is -2.32. The summed E-state index contributed by atoms with van der Waals surface area (Å²) in [6, 6.07) is 1.45. The first kappa shape index (κ1) is 14.0. The van der Waals surface area contributed by atoms with Crippen LogP contribution in [0.1, 0.15) is 36.7 Å². The molecule has 1 aromatic heterocycles. The lowest BCUT2D eigenvalue weighted by atomic mass is 10.2. The Balaban J connectivity index is 2.56. The number of aromatic carboxylic acids is 1. The van der Waals surface area contributed by atoms with E-state index in [1.54, 1.807) is 20.8 Å². The molecule has 0 saturated heterocycles. The predicted octanol–water partition coefficient (Wildman–Crippen LogP) is 1.80. The fourth-order valence-corrected chi connectivity index (χ4v) is 1.19. The van der Waals surface area contributed by atoms with Crippen LogP contribution in [-0.4, -0.2) is 27.8 Å². The van der Waals surface area contributed by atoms with Crippen molar-refractivity contribution >= 4 is 12.1 Å². The van der Waals surface area contributed by atoms with Crippen molar-refractivity contribution in [3.05, 3.63) is 29.6 Å². The first-order chi connectivity index (χ1) is 8.28. The van der Waals surface area contributed by atoms with Gasteiger partial charge in [0.2, 0.25) is 0 Å². The summed E-state index contributed by atoms with van der Waals surface area (Å²) in [6.07, 6.45) is 2.19. The zero-order chi connectivity index (χ0) is 13.8. The quantitative estimate of drug-likeness (QED) is 0.856. The summed E-state index contributed by atoms with van der Waals surface area (Å²) in [7, 11) is 0. The van der Waals surface area contributed by atoms with Gasteiger partial charge in [-0.2, -0.15) is 0 Å². The van der Waals surface area contributed by atoms with Gasteiger partial charge in [0.15, 0.2) is 0 Å². The monoisotopic (exact) mass is 252 g/mol. The first-order valence-corrected chi connectivity index (χ1v) is 5.42. The zero-order valence-corrected chi connectivity index (χ0v) is 10.6. The third-order valence-electron chi connectivity index (χ3n) is 1.88. The van der Waals surface area contributed by atoms with E-state index in [2.05, 4.69) is 10.3 Å². The van der Waals surface area contributed by atoms with E-state index in [0.717, 1.165) is 0 Å². The van der Waals surface area contributed by atoms with Crippen LogP contribution in [0.3, 0.4) is 0 Å². The molecule has 2 N–H and O–H groups in total. The highest BCUT2D eigenvalue weighted by Gasteiger charge is 2.15. The highest BCUT2D eigenvalue weighted by molar-refractivity contribution is 5.87. The molecule has 1 heterocycles. The van der Waals surface area contributed by atoms with Crippen molar-refractivity contribution in [2.45, 2.75) is 32.9 Å². The van der Waals surface area contributed by atoms with Crippen LogP contribution in [0.4, 0.5) is 4.79 Å². The lowest BCUT2D eigenvalue weighted by molar-refractivity contribution is 0.0523. The summed E-state index contributed by atoms with van der Waals surface area (Å²) < 4.78 is 5.05. The normalized spacial score (nSPS) is 10.8. The number of ether oxygens (including phenoxy) is 1. The van der Waals surface area contributed by atoms with Crippen LogP contribution in [0.15, 0.2) is 18.5 Å². The third kappa shape index (κ3) is 4.82. The van der Waals surface area contributed by atoms with Crippen LogP contribution in [0.5, 0.6) is 0 Å². The molecule has 0 radical (unpaired) electrons. The molecule has 6 nitrogen and oxygen atoms in total. The van der Waals surface area contributed by atoms with Crippen LogP contribution in [0.25, 0.3) is 0 Å². The van der Waals surface area contributed by atoms with Crippen LogP contribution < -0.4 is 5.32 Å². The van der Waals surface area contributed by atoms with Gasteiger partial charge in [0.1, 0.15) is 5.60 Å². The highest BCUT2D eigenvalue weighted by Crippen LogP contribution is 2.07. The second-order valence-corrected chi connectivity index (χ2v) is 4.74. The van der Waals surface area contributed by atoms with Gasteiger partial charge in [-0.15, -0.1) is 0 Å². The fourth-order valence-electron chi connectivity index (χ4n) is 1.19. The minimum absolute atomic E-state index is 0.0819. The second kappa shape index (κ2) is 5.48. The Labute approximate surface area is 105 Å². The molecule has 18 heavy (non-hydrogen) atoms. The number of carbonyl (C=O) groups is 2. The maximum atomic E-state index is 11.4. The van der Waals surface area contributed by atoms with Crippen molar-refractivity contribution < 1.29 is 19.4 Å². The largest absolute Gasteiger partial charge is 0.478 e. The lowest BCUT2D eigenvalue weighted by Gasteiger charge is -2.19. The summed E-state index contributed by atoms with van der Waals surface area (Å²) in [5.74, 6) is -1.05. The van der Waals surface area contributed by atoms with Crippen molar-refractivity contribution in [3.63, 3.8) is 0 Å². The van der Waals surface area contributed by atoms with Crippen molar-refractivity contribution in [2.24, 2.45) is 0 Å². The molecular formula is C12H16N2O4. The Bertz CT molecular complexity index is 452. The molecule has 0 aliphatic rings. The summed E-state index contributed by atoms with van der Waals surface area (Å²) in [5, 5.41) is 11.3. The minimum atomic E-state index is -1.05. The average molecular weight is 252 g/mol. The fraction of sp³-hybridized carbons (Fsp3) is 0.417. The second-order valence-electron chi connectivity index (χ2n) is 4.74. The molecular weight excluding hydrogens is 236 g/mol. The van der Waals surface area contributed by atoms with Gasteiger partial charge in [0.25, 0.3) is 0 Å². The van der Waals surface area contributed by atoms with Gasteiger partial charge in [-0.3, -0.25) is 4.98 Å². The number of rotatable bonds is 3. The molecule has 0 bridgehead atoms. The topological polar surface area (TPSA) is 88.5 Å². The Hall–Kier alpha value is -2.11. The van der Waals surface area contributed by atoms with Crippen molar-refractivity contribution in [1.82, 2.24) is 10.3 Å². The number of carboxylic acids is 1. The highest BCUT2D eigenvalue weighted by atomic mass is 16.6. The number of carboxylic acid groups (broad SMARTS) is 1. The molecule has 1 aromatic rings. The molecule has 0 atom stereocenters. The summed E-state index contributed by atoms with van der Waals surface area (Å²) in [6.45, 7) is 5.46. The number of nitrogens with zero attached hydrogens (tertiary/aromatic N) is 1. The van der Waals surface area contributed by atoms with E-state index < -0.39 is 17.7 Å². The standard InChI is InChI=1S/C12H16N2O4/c1-12(2,3)18-11(17)14-6-8-4-9(10(15)16)7-13-5-8/h4-5,7H,6H2,1-3H3,(H,14,17)(H,15,16). The SMILES string of the molecule is CC(C)(C)OC(=O)NCc1cncc(C(=O)O)c1. The summed E-state index contributed by atoms with van der Waals surface area (Å²) in [5.41, 5.74) is 0.116. The first-order valence-electron chi connectivity index (χ1n) is 5.42. The Morgan fingerprint density at radius 3 is 2.61 bits per heavy atom. The molecule has 98 valence electrons. The van der Waals surface area contributed by atoms with Crippen molar-refractivity contribution in [3.8, 4) is 0 Å². The van der Waals surface area contributed by atoms with E-state index in [1.165, 1.54) is 18.5 Å². The number of carbonyl (C=O) groups excluding carboxylic acids is 1. The Kier molecular flexibility index (Phi) is 4.25. The minimum Gasteiger partial charge on any atom is -0.478 e. The van der Waals surface area contributed by atoms with Crippen LogP contribution in [-0.2, 0) is 11.3 Å². The molecule has 0 aromatic carbocycles. The predicted molar refractivity (Wildman–Crippen MR) is 64.3 cm³/mol. The molecule has 0 aliphatic heterocycles. The molecule has 0 aliphatic carbocycles. The van der Waals surface area contributed by atoms with Gasteiger partial charge in [-0.25, -0.2) is 9.59 Å². The van der Waals surface area contributed by atoms with E-state index in [-0.39, 0.29) is 12.1 Å². The molecule has 0 spiro atoms. The average Bonchev–Trinajstić information content (AvgIpc) is 2.24. The van der Waals surface area contributed by atoms with E-state index >= 15 is 0 Å². The van der Waals surface area contributed by atoms with Crippen LogP contribution in [0.2, 0.25) is 0 Å². The Morgan fingerprint density at radius 1 is 1.39 bits per heavy atom. The smallest absolute Gasteiger partial charge is 0.407 e. The number of amides is 1. The number of pyridine rings is 1. The molecule has 0 unspecified atom stereocenters. The van der Waals surface area contributed by atoms with Gasteiger partial charge in [0, 0.05) is 18.9 Å². The number of alkyl carbamates (subject to hydrolysis) is 1. The molecule has 0 fully saturated rings. The van der Waals surface area contributed by atoms with E-state index in [0.29, 0.717) is 5.56 Å². The van der Waals surface area contributed by atoms with Crippen LogP contribution in [0, 0.1) is 0 Å². The maximum Gasteiger partial charge on any atom is 0.407 e. The van der Waals surface area contributed by atoms with Gasteiger partial charge >= 0.3 is 12.1 Å². The zero-order valence-electron chi connectivity index (χ0n) is 10.6. The van der Waals surface area contributed by atoms with E-state index in [1.807, 2.05) is 0 Å². The Morgan fingerprint density at radius 2 is 2.06 bits per heavy atom. The maximum absolute atomic E-state index is 11.4. The van der Waals surface area contributed by atoms with Gasteiger partial charge in [-0.05, 0) is 32.4 Å². The third-order valence-corrected chi connectivity index (χ3v) is 1.88. The van der Waals surface area contributed by atoms with Gasteiger partial charge in [-0.1, -0.05) is 0 Å². The number of hydrogen-bond acceptors (Lipinski definition) is 4. The van der Waals surface area contributed by atoms with E-state index in [4.69, 9.17) is 9.84 Å². The summed E-state index contributed by atoms with van der Waals surface area (Å²) >= 11 is 0. The number of nitrogens with one attached hydrogen (secondary N) is 1. The number of aromatic nitrogens is 1. The number of hydrogen-bond donors (Lipinski definition) is 2. The van der Waals surface area contributed by atoms with Gasteiger partial charge < -0.3 is 15.2 Å². The van der Waals surface area contributed by atoms with Crippen molar-refractivity contribution in [2.75, 3.05) is 0 Å². The van der Waals surface area contributed by atoms with Crippen molar-refractivity contribution in [1.29, 1.82) is 0 Å². The molecule has 0 saturated carbocycles. The molecule has 6 heteroatoms. The van der Waals surface area contributed by atoms with Crippen LogP contribution >= 0.6 is 0 Å². The van der Waals surface area contributed by atoms with E-state index in [9.17, 15) is 9.59 Å². The molecule has 1 rings (SSSR count). The summed E-state index contributed by atoms with van der Waals surface area (Å²) in [4.78, 5) is 25.9.